The highest BCUT2D eigenvalue weighted by Gasteiger charge is 2.41. The Balaban J connectivity index is 2.51. The van der Waals surface area contributed by atoms with Crippen LogP contribution < -0.4 is 0 Å². The lowest BCUT2D eigenvalue weighted by Crippen LogP contribution is -2.40. The van der Waals surface area contributed by atoms with Gasteiger partial charge in [0.1, 0.15) is 7.85 Å². The first-order chi connectivity index (χ1) is 5.34. The molecule has 0 bridgehead atoms. The van der Waals surface area contributed by atoms with Crippen molar-refractivity contribution in [2.24, 2.45) is 23.7 Å². The molecule has 70 valence electrons. The van der Waals surface area contributed by atoms with E-state index >= 15 is 0 Å². The first kappa shape index (κ1) is 10.1. The van der Waals surface area contributed by atoms with Crippen LogP contribution in [0.3, 0.4) is 0 Å². The summed E-state index contributed by atoms with van der Waals surface area (Å²) in [5.74, 6) is 3.79. The van der Waals surface area contributed by atoms with Gasteiger partial charge in [0.15, 0.2) is 0 Å². The van der Waals surface area contributed by atoms with Crippen molar-refractivity contribution in [1.82, 2.24) is 0 Å². The number of rotatable bonds is 2. The first-order valence-corrected chi connectivity index (χ1v) is 5.34. The zero-order valence-electron chi connectivity index (χ0n) is 9.52. The SMILES string of the molecule is BC(C)(C)C(C)C1CC(C)C1C. The molecule has 0 aromatic heterocycles. The summed E-state index contributed by atoms with van der Waals surface area (Å²) >= 11 is 0. The molecular weight excluding hydrogens is 143 g/mol. The first-order valence-electron chi connectivity index (χ1n) is 5.34. The maximum Gasteiger partial charge on any atom is 0.109 e. The molecule has 12 heavy (non-hydrogen) atoms. The fourth-order valence-electron chi connectivity index (χ4n) is 2.39. The van der Waals surface area contributed by atoms with Crippen LogP contribution in [-0.2, 0) is 0 Å². The molecule has 1 heteroatoms. The molecule has 0 N–H and O–H groups in total. The van der Waals surface area contributed by atoms with Gasteiger partial charge in [0.25, 0.3) is 0 Å². The van der Waals surface area contributed by atoms with E-state index in [-0.39, 0.29) is 0 Å². The lowest BCUT2D eigenvalue weighted by molar-refractivity contribution is 0.0404. The van der Waals surface area contributed by atoms with Crippen LogP contribution in [0.4, 0.5) is 0 Å². The molecule has 0 heterocycles. The van der Waals surface area contributed by atoms with Gasteiger partial charge in [-0.25, -0.2) is 0 Å². The second kappa shape index (κ2) is 3.08. The average Bonchev–Trinajstić information content (AvgIpc) is 1.96. The van der Waals surface area contributed by atoms with Gasteiger partial charge in [0.05, 0.1) is 0 Å². The number of hydrogen-bond acceptors (Lipinski definition) is 0. The summed E-state index contributed by atoms with van der Waals surface area (Å²) in [6, 6.07) is 0. The molecule has 0 nitrogen and oxygen atoms in total. The van der Waals surface area contributed by atoms with Crippen molar-refractivity contribution >= 4 is 7.85 Å². The highest BCUT2D eigenvalue weighted by molar-refractivity contribution is 6.14. The molecule has 1 saturated carbocycles. The third kappa shape index (κ3) is 1.70. The van der Waals surface area contributed by atoms with E-state index in [4.69, 9.17) is 0 Å². The van der Waals surface area contributed by atoms with E-state index in [1.54, 1.807) is 0 Å². The molecule has 1 rings (SSSR count). The smallest absolute Gasteiger partial charge is 0.0669 e. The van der Waals surface area contributed by atoms with Crippen LogP contribution in [0.5, 0.6) is 0 Å². The fraction of sp³-hybridized carbons (Fsp3) is 1.00. The van der Waals surface area contributed by atoms with Gasteiger partial charge in [0.2, 0.25) is 0 Å². The minimum atomic E-state index is 0.499. The average molecular weight is 166 g/mol. The lowest BCUT2D eigenvalue weighted by Gasteiger charge is -2.48. The summed E-state index contributed by atoms with van der Waals surface area (Å²) in [4.78, 5) is 0. The van der Waals surface area contributed by atoms with Crippen LogP contribution >= 0.6 is 0 Å². The van der Waals surface area contributed by atoms with E-state index < -0.39 is 0 Å². The molecule has 1 fully saturated rings. The summed E-state index contributed by atoms with van der Waals surface area (Å²) in [5, 5.41) is 0.499. The van der Waals surface area contributed by atoms with Crippen LogP contribution in [-0.4, -0.2) is 7.85 Å². The van der Waals surface area contributed by atoms with E-state index in [1.807, 2.05) is 0 Å². The van der Waals surface area contributed by atoms with E-state index in [0.717, 1.165) is 23.7 Å². The molecule has 0 radical (unpaired) electrons. The van der Waals surface area contributed by atoms with Crippen molar-refractivity contribution in [3.05, 3.63) is 0 Å². The molecule has 4 unspecified atom stereocenters. The Kier molecular flexibility index (Phi) is 2.61. The van der Waals surface area contributed by atoms with Gasteiger partial charge >= 0.3 is 0 Å². The molecule has 0 amide bonds. The van der Waals surface area contributed by atoms with Crippen molar-refractivity contribution in [2.45, 2.75) is 46.4 Å². The molecule has 0 aromatic rings. The maximum absolute atomic E-state index is 2.42. The van der Waals surface area contributed by atoms with Crippen LogP contribution in [0.15, 0.2) is 0 Å². The summed E-state index contributed by atoms with van der Waals surface area (Å²) < 4.78 is 0. The molecule has 0 aromatic carbocycles. The van der Waals surface area contributed by atoms with Gasteiger partial charge in [-0.3, -0.25) is 0 Å². The Hall–Kier alpha value is 0.0649. The van der Waals surface area contributed by atoms with Crippen LogP contribution in [0.2, 0.25) is 5.31 Å². The minimum Gasteiger partial charge on any atom is -0.0669 e. The van der Waals surface area contributed by atoms with Crippen molar-refractivity contribution in [2.75, 3.05) is 0 Å². The van der Waals surface area contributed by atoms with E-state index in [1.165, 1.54) is 6.42 Å². The van der Waals surface area contributed by atoms with Crippen molar-refractivity contribution in [1.29, 1.82) is 0 Å². The van der Waals surface area contributed by atoms with E-state index in [2.05, 4.69) is 42.5 Å². The number of hydrogen-bond donors (Lipinski definition) is 0. The van der Waals surface area contributed by atoms with Crippen molar-refractivity contribution in [3.63, 3.8) is 0 Å². The Bertz CT molecular complexity index is 157. The van der Waals surface area contributed by atoms with Gasteiger partial charge < -0.3 is 0 Å². The van der Waals surface area contributed by atoms with Crippen LogP contribution in [0, 0.1) is 23.7 Å². The molecule has 0 spiro atoms. The molecule has 1 aliphatic carbocycles. The lowest BCUT2D eigenvalue weighted by atomic mass is 9.52. The third-order valence-corrected chi connectivity index (χ3v) is 4.23. The summed E-state index contributed by atoms with van der Waals surface area (Å²) in [7, 11) is 2.37. The van der Waals surface area contributed by atoms with Crippen molar-refractivity contribution in [3.8, 4) is 0 Å². The monoisotopic (exact) mass is 166 g/mol. The predicted octanol–water partition coefficient (Wildman–Crippen LogP) is 2.75. The summed E-state index contributed by atoms with van der Waals surface area (Å²) in [6.07, 6.45) is 1.46. The van der Waals surface area contributed by atoms with Crippen LogP contribution in [0.25, 0.3) is 0 Å². The van der Waals surface area contributed by atoms with Gasteiger partial charge in [-0.15, -0.1) is 0 Å². The highest BCUT2D eigenvalue weighted by Crippen LogP contribution is 2.50. The largest absolute Gasteiger partial charge is 0.109 e. The predicted molar refractivity (Wildman–Crippen MR) is 58.2 cm³/mol. The standard InChI is InChI=1S/C11H23B/c1-7-6-10(8(7)2)9(3)11(4,5)12/h7-10H,6,12H2,1-5H3. The van der Waals surface area contributed by atoms with Gasteiger partial charge in [-0.05, 0) is 30.1 Å². The summed E-state index contributed by atoms with van der Waals surface area (Å²) in [5.41, 5.74) is 0. The van der Waals surface area contributed by atoms with E-state index in [0.29, 0.717) is 5.31 Å². The zero-order chi connectivity index (χ0) is 9.52. The Morgan fingerprint density at radius 1 is 1.33 bits per heavy atom. The van der Waals surface area contributed by atoms with Gasteiger partial charge in [0, 0.05) is 0 Å². The Labute approximate surface area is 78.5 Å². The van der Waals surface area contributed by atoms with E-state index in [9.17, 15) is 0 Å². The maximum atomic E-state index is 2.42. The molecule has 0 saturated heterocycles. The topological polar surface area (TPSA) is 0 Å². The second-order valence-electron chi connectivity index (χ2n) is 5.89. The zero-order valence-corrected chi connectivity index (χ0v) is 9.52. The molecular formula is C11H23B. The molecule has 0 aliphatic heterocycles. The Morgan fingerprint density at radius 2 is 1.83 bits per heavy atom. The fourth-order valence-corrected chi connectivity index (χ4v) is 2.39. The normalized spacial score (nSPS) is 38.9. The quantitative estimate of drug-likeness (QED) is 0.553. The molecule has 1 aliphatic rings. The third-order valence-electron chi connectivity index (χ3n) is 4.23. The minimum absolute atomic E-state index is 0.499. The van der Waals surface area contributed by atoms with Crippen LogP contribution in [0.1, 0.15) is 41.0 Å². The van der Waals surface area contributed by atoms with Crippen molar-refractivity contribution < 1.29 is 0 Å². The molecule has 4 atom stereocenters. The highest BCUT2D eigenvalue weighted by atomic mass is 14.4. The Morgan fingerprint density at radius 3 is 2.08 bits per heavy atom. The second-order valence-corrected chi connectivity index (χ2v) is 5.89. The van der Waals surface area contributed by atoms with Gasteiger partial charge in [-0.1, -0.05) is 39.9 Å². The van der Waals surface area contributed by atoms with Gasteiger partial charge in [-0.2, -0.15) is 0 Å². The summed E-state index contributed by atoms with van der Waals surface area (Å²) in [6.45, 7) is 12.0.